The summed E-state index contributed by atoms with van der Waals surface area (Å²) in [7, 11) is 0. The SMILES string of the molecule is CCc1ccc2c(c1)[C@]1(C(=O)N2)[C@@H]2C(=O)N(c3ccc(Br)cc3)C(=O)[C@@H]2[C@H]2CCCN21. The van der Waals surface area contributed by atoms with E-state index < -0.39 is 17.4 Å². The summed E-state index contributed by atoms with van der Waals surface area (Å²) < 4.78 is 0.880. The third-order valence-electron chi connectivity index (χ3n) is 7.55. The van der Waals surface area contributed by atoms with Crippen molar-refractivity contribution in [2.75, 3.05) is 16.8 Å². The first kappa shape index (κ1) is 19.2. The highest BCUT2D eigenvalue weighted by Crippen LogP contribution is 2.60. The lowest BCUT2D eigenvalue weighted by molar-refractivity contribution is -0.135. The first-order chi connectivity index (χ1) is 15.0. The van der Waals surface area contributed by atoms with Crippen LogP contribution in [0.15, 0.2) is 46.9 Å². The Labute approximate surface area is 188 Å². The number of amides is 3. The predicted octanol–water partition coefficient (Wildman–Crippen LogP) is 3.44. The Morgan fingerprint density at radius 3 is 2.61 bits per heavy atom. The van der Waals surface area contributed by atoms with Crippen molar-refractivity contribution in [1.29, 1.82) is 0 Å². The highest BCUT2D eigenvalue weighted by atomic mass is 79.9. The number of anilines is 2. The fraction of sp³-hybridized carbons (Fsp3) is 0.375. The highest BCUT2D eigenvalue weighted by Gasteiger charge is 2.74. The molecule has 4 heterocycles. The molecule has 0 aromatic heterocycles. The molecule has 3 saturated heterocycles. The molecule has 1 N–H and O–H groups in total. The van der Waals surface area contributed by atoms with Gasteiger partial charge in [0.15, 0.2) is 0 Å². The van der Waals surface area contributed by atoms with Gasteiger partial charge >= 0.3 is 0 Å². The van der Waals surface area contributed by atoms with Gasteiger partial charge < -0.3 is 5.32 Å². The number of fused-ring (bicyclic) bond motifs is 7. The third-order valence-corrected chi connectivity index (χ3v) is 8.08. The maximum atomic E-state index is 13.9. The van der Waals surface area contributed by atoms with Gasteiger partial charge in [-0.1, -0.05) is 35.0 Å². The van der Waals surface area contributed by atoms with Crippen LogP contribution in [-0.4, -0.2) is 35.2 Å². The van der Waals surface area contributed by atoms with Crippen LogP contribution in [0.3, 0.4) is 0 Å². The predicted molar refractivity (Wildman–Crippen MR) is 119 cm³/mol. The highest BCUT2D eigenvalue weighted by molar-refractivity contribution is 9.10. The van der Waals surface area contributed by atoms with Crippen LogP contribution in [0.5, 0.6) is 0 Å². The Hall–Kier alpha value is -2.51. The van der Waals surface area contributed by atoms with E-state index in [1.807, 2.05) is 24.3 Å². The Bertz CT molecular complexity index is 1150. The molecule has 1 spiro atoms. The van der Waals surface area contributed by atoms with Gasteiger partial charge in [-0.2, -0.15) is 0 Å². The molecule has 4 atom stereocenters. The Morgan fingerprint density at radius 1 is 1.10 bits per heavy atom. The van der Waals surface area contributed by atoms with E-state index in [-0.39, 0.29) is 23.8 Å². The molecule has 4 aliphatic heterocycles. The average Bonchev–Trinajstić information content (AvgIpc) is 3.47. The van der Waals surface area contributed by atoms with Crippen LogP contribution in [0, 0.1) is 11.8 Å². The molecule has 0 bridgehead atoms. The summed E-state index contributed by atoms with van der Waals surface area (Å²) in [6.45, 7) is 2.80. The van der Waals surface area contributed by atoms with E-state index in [1.165, 1.54) is 4.90 Å². The standard InChI is InChI=1S/C24H22BrN3O3/c1-2-13-5-10-17-16(12-13)24(23(31)26-17)20-19(18-4-3-11-27(18)24)21(29)28(22(20)30)15-8-6-14(25)7-9-15/h5-10,12,18-20H,2-4,11H2,1H3,(H,26,31)/t18-,19-,20+,24-/m1/s1. The summed E-state index contributed by atoms with van der Waals surface area (Å²) in [6.07, 6.45) is 2.59. The molecule has 2 aromatic rings. The molecule has 3 amide bonds. The van der Waals surface area contributed by atoms with E-state index in [2.05, 4.69) is 39.1 Å². The minimum absolute atomic E-state index is 0.0936. The van der Waals surface area contributed by atoms with E-state index in [0.717, 1.165) is 47.1 Å². The van der Waals surface area contributed by atoms with Gasteiger partial charge in [-0.3, -0.25) is 19.3 Å². The van der Waals surface area contributed by atoms with Gasteiger partial charge in [0, 0.05) is 21.8 Å². The number of halogens is 1. The molecule has 4 aliphatic rings. The summed E-state index contributed by atoms with van der Waals surface area (Å²) in [5.74, 6) is -1.83. The van der Waals surface area contributed by atoms with Crippen LogP contribution in [0.2, 0.25) is 0 Å². The van der Waals surface area contributed by atoms with Crippen LogP contribution in [0.4, 0.5) is 11.4 Å². The zero-order chi connectivity index (χ0) is 21.5. The third kappa shape index (κ3) is 2.28. The molecule has 3 fully saturated rings. The van der Waals surface area contributed by atoms with Crippen LogP contribution >= 0.6 is 15.9 Å². The molecule has 0 radical (unpaired) electrons. The second-order valence-corrected chi connectivity index (χ2v) is 9.76. The van der Waals surface area contributed by atoms with E-state index >= 15 is 0 Å². The number of rotatable bonds is 2. The van der Waals surface area contributed by atoms with Gasteiger partial charge in [0.2, 0.25) is 17.7 Å². The van der Waals surface area contributed by atoms with Crippen molar-refractivity contribution in [3.05, 3.63) is 58.1 Å². The second-order valence-electron chi connectivity index (χ2n) is 8.85. The van der Waals surface area contributed by atoms with Gasteiger partial charge in [0.25, 0.3) is 0 Å². The van der Waals surface area contributed by atoms with E-state index in [9.17, 15) is 14.4 Å². The lowest BCUT2D eigenvalue weighted by Crippen LogP contribution is -2.54. The number of nitrogens with zero attached hydrogens (tertiary/aromatic N) is 2. The van der Waals surface area contributed by atoms with Crippen molar-refractivity contribution in [1.82, 2.24) is 4.90 Å². The summed E-state index contributed by atoms with van der Waals surface area (Å²) in [6, 6.07) is 13.1. The number of carbonyl (C=O) groups is 3. The molecule has 0 aliphatic carbocycles. The van der Waals surface area contributed by atoms with Crippen LogP contribution < -0.4 is 10.2 Å². The maximum absolute atomic E-state index is 13.9. The molecule has 0 saturated carbocycles. The molecule has 6 rings (SSSR count). The van der Waals surface area contributed by atoms with Gasteiger partial charge in [-0.15, -0.1) is 0 Å². The average molecular weight is 480 g/mol. The number of imide groups is 1. The maximum Gasteiger partial charge on any atom is 0.250 e. The zero-order valence-electron chi connectivity index (χ0n) is 17.1. The normalized spacial score (nSPS) is 31.4. The Morgan fingerprint density at radius 2 is 1.87 bits per heavy atom. The number of carbonyl (C=O) groups excluding carboxylic acids is 3. The van der Waals surface area contributed by atoms with Crippen LogP contribution in [-0.2, 0) is 26.3 Å². The summed E-state index contributed by atoms with van der Waals surface area (Å²) in [5, 5.41) is 3.04. The molecular weight excluding hydrogens is 458 g/mol. The number of hydrogen-bond acceptors (Lipinski definition) is 4. The van der Waals surface area contributed by atoms with Crippen molar-refractivity contribution in [3.63, 3.8) is 0 Å². The monoisotopic (exact) mass is 479 g/mol. The number of benzene rings is 2. The van der Waals surface area contributed by atoms with E-state index in [1.54, 1.807) is 12.1 Å². The van der Waals surface area contributed by atoms with Gasteiger partial charge in [-0.25, -0.2) is 4.90 Å². The van der Waals surface area contributed by atoms with E-state index in [0.29, 0.717) is 5.69 Å². The minimum atomic E-state index is -1.11. The van der Waals surface area contributed by atoms with Crippen LogP contribution in [0.25, 0.3) is 0 Å². The molecule has 7 heteroatoms. The van der Waals surface area contributed by atoms with Crippen LogP contribution in [0.1, 0.15) is 30.9 Å². The summed E-state index contributed by atoms with van der Waals surface area (Å²) >= 11 is 3.41. The summed E-state index contributed by atoms with van der Waals surface area (Å²) in [4.78, 5) is 44.6. The van der Waals surface area contributed by atoms with Gasteiger partial charge in [-0.05, 0) is 61.7 Å². The fourth-order valence-corrected chi connectivity index (χ4v) is 6.58. The van der Waals surface area contributed by atoms with Gasteiger partial charge in [0.1, 0.15) is 5.54 Å². The molecular formula is C24H22BrN3O3. The zero-order valence-corrected chi connectivity index (χ0v) is 18.7. The fourth-order valence-electron chi connectivity index (χ4n) is 6.31. The first-order valence-corrected chi connectivity index (χ1v) is 11.6. The van der Waals surface area contributed by atoms with Crippen molar-refractivity contribution in [3.8, 4) is 0 Å². The minimum Gasteiger partial charge on any atom is -0.324 e. The quantitative estimate of drug-likeness (QED) is 0.669. The van der Waals surface area contributed by atoms with Crippen molar-refractivity contribution in [2.45, 2.75) is 37.8 Å². The lowest BCUT2D eigenvalue weighted by atomic mass is 9.75. The molecule has 6 nitrogen and oxygen atoms in total. The lowest BCUT2D eigenvalue weighted by Gasteiger charge is -2.36. The first-order valence-electron chi connectivity index (χ1n) is 10.8. The van der Waals surface area contributed by atoms with E-state index in [4.69, 9.17) is 0 Å². The van der Waals surface area contributed by atoms with Crippen molar-refractivity contribution in [2.24, 2.45) is 11.8 Å². The molecule has 0 unspecified atom stereocenters. The number of hydrogen-bond donors (Lipinski definition) is 1. The largest absolute Gasteiger partial charge is 0.324 e. The molecule has 2 aromatic carbocycles. The van der Waals surface area contributed by atoms with Crippen molar-refractivity contribution >= 4 is 45.0 Å². The Kier molecular flexibility index (Phi) is 4.02. The Balaban J connectivity index is 1.55. The molecule has 31 heavy (non-hydrogen) atoms. The smallest absolute Gasteiger partial charge is 0.250 e. The number of nitrogens with one attached hydrogen (secondary N) is 1. The second kappa shape index (κ2) is 6.50. The topological polar surface area (TPSA) is 69.7 Å². The van der Waals surface area contributed by atoms with Gasteiger partial charge in [0.05, 0.1) is 17.5 Å². The van der Waals surface area contributed by atoms with Crippen molar-refractivity contribution < 1.29 is 14.4 Å². The molecule has 158 valence electrons. The summed E-state index contributed by atoms with van der Waals surface area (Å²) in [5.41, 5.74) is 2.19. The number of aryl methyl sites for hydroxylation is 1.